The molecule has 1 aliphatic carbocycles. The Hall–Kier alpha value is -0.810. The number of carbonyl (C=O) groups excluding carboxylic acids is 2. The third kappa shape index (κ3) is 5.47. The molecule has 1 rings (SSSR count). The smallest absolute Gasteiger partial charge is 0.245 e. The predicted octanol–water partition coefficient (Wildman–Crippen LogP) is 1.88. The van der Waals surface area contributed by atoms with Crippen molar-refractivity contribution in [3.63, 3.8) is 0 Å². The molecular formula is C15H30ClN3O2. The maximum atomic E-state index is 12.6. The van der Waals surface area contributed by atoms with Gasteiger partial charge in [0.25, 0.3) is 0 Å². The molecule has 2 amide bonds. The highest BCUT2D eigenvalue weighted by Gasteiger charge is 2.40. The Bertz CT molecular complexity index is 351. The fraction of sp³-hybridized carbons (Fsp3) is 0.867. The fourth-order valence-electron chi connectivity index (χ4n) is 2.83. The minimum Gasteiger partial charge on any atom is -0.352 e. The van der Waals surface area contributed by atoms with Gasteiger partial charge in [0.15, 0.2) is 0 Å². The Morgan fingerprint density at radius 2 is 1.67 bits per heavy atom. The molecule has 0 aromatic heterocycles. The molecule has 6 heteroatoms. The van der Waals surface area contributed by atoms with Gasteiger partial charge in [0, 0.05) is 19.0 Å². The molecule has 0 saturated heterocycles. The molecule has 21 heavy (non-hydrogen) atoms. The van der Waals surface area contributed by atoms with Crippen LogP contribution in [0.25, 0.3) is 0 Å². The Morgan fingerprint density at radius 1 is 1.14 bits per heavy atom. The maximum Gasteiger partial charge on any atom is 0.245 e. The molecule has 0 heterocycles. The molecule has 0 radical (unpaired) electrons. The number of amides is 2. The van der Waals surface area contributed by atoms with E-state index in [0.29, 0.717) is 19.4 Å². The molecule has 0 aromatic carbocycles. The highest BCUT2D eigenvalue weighted by molar-refractivity contribution is 5.91. The Labute approximate surface area is 134 Å². The van der Waals surface area contributed by atoms with Crippen molar-refractivity contribution in [2.24, 2.45) is 5.73 Å². The second kappa shape index (κ2) is 8.59. The van der Waals surface area contributed by atoms with E-state index in [2.05, 4.69) is 10.6 Å². The summed E-state index contributed by atoms with van der Waals surface area (Å²) in [5.74, 6) is -0.226. The van der Waals surface area contributed by atoms with Gasteiger partial charge in [-0.25, -0.2) is 0 Å². The van der Waals surface area contributed by atoms with E-state index in [9.17, 15) is 9.59 Å². The van der Waals surface area contributed by atoms with Gasteiger partial charge in [-0.3, -0.25) is 9.59 Å². The van der Waals surface area contributed by atoms with Gasteiger partial charge in [0.05, 0.1) is 0 Å². The minimum atomic E-state index is -0.730. The lowest BCUT2D eigenvalue weighted by Crippen LogP contribution is -2.61. The number of rotatable bonds is 6. The minimum absolute atomic E-state index is 0. The monoisotopic (exact) mass is 319 g/mol. The van der Waals surface area contributed by atoms with Crippen molar-refractivity contribution < 1.29 is 9.59 Å². The van der Waals surface area contributed by atoms with Crippen LogP contribution in [0.5, 0.6) is 0 Å². The zero-order valence-electron chi connectivity index (χ0n) is 13.5. The van der Waals surface area contributed by atoms with Crippen LogP contribution < -0.4 is 16.4 Å². The molecule has 0 bridgehead atoms. The zero-order chi connectivity index (χ0) is 15.2. The third-order valence-electron chi connectivity index (χ3n) is 4.57. The SMILES string of the molecule is CCC(N)(CC)CNC(=O)C1(NC(C)=O)CCCCC1.Cl. The Balaban J connectivity index is 0.00000400. The predicted molar refractivity (Wildman–Crippen MR) is 87.4 cm³/mol. The summed E-state index contributed by atoms with van der Waals surface area (Å²) in [6.45, 7) is 5.98. The standard InChI is InChI=1S/C15H29N3O2.ClH/c1-4-14(16,5-2)11-17-13(20)15(18-12(3)19)9-7-6-8-10-15;/h4-11,16H2,1-3H3,(H,17,20)(H,18,19);1H. The van der Waals surface area contributed by atoms with Crippen LogP contribution in [0.15, 0.2) is 0 Å². The molecule has 0 aromatic rings. The first-order valence-corrected chi connectivity index (χ1v) is 7.73. The summed E-state index contributed by atoms with van der Waals surface area (Å²) in [5, 5.41) is 5.84. The van der Waals surface area contributed by atoms with Crippen LogP contribution >= 0.6 is 12.4 Å². The van der Waals surface area contributed by atoms with E-state index in [-0.39, 0.29) is 29.8 Å². The quantitative estimate of drug-likeness (QED) is 0.699. The number of nitrogens with one attached hydrogen (secondary N) is 2. The van der Waals surface area contributed by atoms with Crippen molar-refractivity contribution in [3.8, 4) is 0 Å². The largest absolute Gasteiger partial charge is 0.352 e. The molecule has 1 fully saturated rings. The van der Waals surface area contributed by atoms with Crippen molar-refractivity contribution in [3.05, 3.63) is 0 Å². The highest BCUT2D eigenvalue weighted by Crippen LogP contribution is 2.28. The van der Waals surface area contributed by atoms with Gasteiger partial charge in [-0.2, -0.15) is 0 Å². The number of halogens is 1. The van der Waals surface area contributed by atoms with Crippen molar-refractivity contribution >= 4 is 24.2 Å². The number of nitrogens with two attached hydrogens (primary N) is 1. The van der Waals surface area contributed by atoms with Crippen molar-refractivity contribution in [2.45, 2.75) is 76.8 Å². The van der Waals surface area contributed by atoms with E-state index in [1.54, 1.807) is 0 Å². The van der Waals surface area contributed by atoms with Crippen molar-refractivity contribution in [1.82, 2.24) is 10.6 Å². The van der Waals surface area contributed by atoms with Gasteiger partial charge in [-0.15, -0.1) is 12.4 Å². The van der Waals surface area contributed by atoms with Gasteiger partial charge in [0.1, 0.15) is 5.54 Å². The molecule has 0 unspecified atom stereocenters. The number of carbonyl (C=O) groups is 2. The second-order valence-electron chi connectivity index (χ2n) is 6.08. The number of hydrogen-bond acceptors (Lipinski definition) is 3. The summed E-state index contributed by atoms with van der Waals surface area (Å²) in [5.41, 5.74) is 5.13. The van der Waals surface area contributed by atoms with Crippen LogP contribution in [0.2, 0.25) is 0 Å². The topological polar surface area (TPSA) is 84.2 Å². The molecule has 5 nitrogen and oxygen atoms in total. The van der Waals surface area contributed by atoms with Gasteiger partial charge in [-0.05, 0) is 25.7 Å². The van der Waals surface area contributed by atoms with Gasteiger partial charge >= 0.3 is 0 Å². The average molecular weight is 320 g/mol. The second-order valence-corrected chi connectivity index (χ2v) is 6.08. The van der Waals surface area contributed by atoms with E-state index in [4.69, 9.17) is 5.73 Å². The Kier molecular flexibility index (Phi) is 8.26. The van der Waals surface area contributed by atoms with E-state index in [1.165, 1.54) is 6.92 Å². The molecule has 0 aliphatic heterocycles. The van der Waals surface area contributed by atoms with E-state index >= 15 is 0 Å². The number of hydrogen-bond donors (Lipinski definition) is 3. The highest BCUT2D eigenvalue weighted by atomic mass is 35.5. The average Bonchev–Trinajstić information content (AvgIpc) is 2.44. The van der Waals surface area contributed by atoms with Crippen LogP contribution in [-0.2, 0) is 9.59 Å². The van der Waals surface area contributed by atoms with E-state index in [1.807, 2.05) is 13.8 Å². The van der Waals surface area contributed by atoms with Crippen LogP contribution in [-0.4, -0.2) is 29.4 Å². The Morgan fingerprint density at radius 3 is 2.10 bits per heavy atom. The van der Waals surface area contributed by atoms with Crippen molar-refractivity contribution in [2.75, 3.05) is 6.54 Å². The van der Waals surface area contributed by atoms with Crippen LogP contribution in [0.4, 0.5) is 0 Å². The lowest BCUT2D eigenvalue weighted by molar-refractivity contribution is -0.134. The molecular weight excluding hydrogens is 290 g/mol. The summed E-state index contributed by atoms with van der Waals surface area (Å²) in [4.78, 5) is 24.0. The van der Waals surface area contributed by atoms with Crippen LogP contribution in [0.1, 0.15) is 65.7 Å². The van der Waals surface area contributed by atoms with E-state index in [0.717, 1.165) is 32.1 Å². The summed E-state index contributed by atoms with van der Waals surface area (Å²) in [6.07, 6.45) is 6.14. The van der Waals surface area contributed by atoms with Gasteiger partial charge in [0.2, 0.25) is 11.8 Å². The molecule has 124 valence electrons. The fourth-order valence-corrected chi connectivity index (χ4v) is 2.83. The normalized spacial score (nSPS) is 17.5. The molecule has 0 spiro atoms. The van der Waals surface area contributed by atoms with Gasteiger partial charge < -0.3 is 16.4 Å². The third-order valence-corrected chi connectivity index (χ3v) is 4.57. The summed E-state index contributed by atoms with van der Waals surface area (Å²) >= 11 is 0. The molecule has 1 aliphatic rings. The van der Waals surface area contributed by atoms with E-state index < -0.39 is 5.54 Å². The first kappa shape index (κ1) is 20.2. The summed E-state index contributed by atoms with van der Waals surface area (Å²) in [6, 6.07) is 0. The summed E-state index contributed by atoms with van der Waals surface area (Å²) in [7, 11) is 0. The van der Waals surface area contributed by atoms with Crippen LogP contribution in [0, 0.1) is 0 Å². The van der Waals surface area contributed by atoms with Crippen molar-refractivity contribution in [1.29, 1.82) is 0 Å². The van der Waals surface area contributed by atoms with Crippen LogP contribution in [0.3, 0.4) is 0 Å². The molecule has 4 N–H and O–H groups in total. The lowest BCUT2D eigenvalue weighted by Gasteiger charge is -2.37. The molecule has 1 saturated carbocycles. The first-order valence-electron chi connectivity index (χ1n) is 7.73. The zero-order valence-corrected chi connectivity index (χ0v) is 14.3. The maximum absolute atomic E-state index is 12.6. The first-order chi connectivity index (χ1) is 9.37. The molecule has 0 atom stereocenters. The van der Waals surface area contributed by atoms with Gasteiger partial charge in [-0.1, -0.05) is 33.1 Å². The summed E-state index contributed by atoms with van der Waals surface area (Å²) < 4.78 is 0. The lowest BCUT2D eigenvalue weighted by atomic mass is 9.80.